The molecular formula is C11H13Cl3O. The smallest absolute Gasteiger partial charge is 0.0830 e. The third-order valence-corrected chi connectivity index (χ3v) is 3.23. The second-order valence-electron chi connectivity index (χ2n) is 3.47. The summed E-state index contributed by atoms with van der Waals surface area (Å²) in [5.74, 6) is 0.447. The lowest BCUT2D eigenvalue weighted by Crippen LogP contribution is -2.13. The molecule has 0 radical (unpaired) electrons. The van der Waals surface area contributed by atoms with Crippen LogP contribution in [0.4, 0.5) is 0 Å². The Hall–Kier alpha value is 0.0500. The van der Waals surface area contributed by atoms with Gasteiger partial charge in [-0.05, 0) is 30.2 Å². The normalized spacial score (nSPS) is 15.0. The highest BCUT2D eigenvalue weighted by molar-refractivity contribution is 6.34. The summed E-state index contributed by atoms with van der Waals surface area (Å²) < 4.78 is 0. The number of hydrogen-bond acceptors (Lipinski definition) is 1. The van der Waals surface area contributed by atoms with Crippen LogP contribution in [-0.2, 0) is 0 Å². The van der Waals surface area contributed by atoms with Gasteiger partial charge in [-0.2, -0.15) is 0 Å². The van der Waals surface area contributed by atoms with Crippen molar-refractivity contribution in [1.29, 1.82) is 0 Å². The topological polar surface area (TPSA) is 20.2 Å². The Kier molecular flexibility index (Phi) is 5.20. The van der Waals surface area contributed by atoms with Crippen molar-refractivity contribution < 1.29 is 5.11 Å². The Balaban J connectivity index is 2.94. The summed E-state index contributed by atoms with van der Waals surface area (Å²) >= 11 is 17.5. The molecule has 0 aliphatic heterocycles. The highest BCUT2D eigenvalue weighted by Gasteiger charge is 2.19. The van der Waals surface area contributed by atoms with Crippen LogP contribution in [0.2, 0.25) is 10.0 Å². The Morgan fingerprint density at radius 1 is 1.20 bits per heavy atom. The van der Waals surface area contributed by atoms with Crippen molar-refractivity contribution in [3.8, 4) is 0 Å². The number of alkyl halides is 1. The van der Waals surface area contributed by atoms with Gasteiger partial charge in [-0.25, -0.2) is 0 Å². The van der Waals surface area contributed by atoms with Gasteiger partial charge in [0.25, 0.3) is 0 Å². The lowest BCUT2D eigenvalue weighted by Gasteiger charge is -2.19. The molecule has 0 fully saturated rings. The van der Waals surface area contributed by atoms with Crippen LogP contribution in [-0.4, -0.2) is 11.0 Å². The molecule has 0 amide bonds. The summed E-state index contributed by atoms with van der Waals surface area (Å²) in [5, 5.41) is 11.1. The Labute approximate surface area is 105 Å². The molecule has 2 unspecified atom stereocenters. The summed E-state index contributed by atoms with van der Waals surface area (Å²) in [5.41, 5.74) is 0.722. The zero-order chi connectivity index (χ0) is 11.4. The number of rotatable bonds is 4. The number of aliphatic hydroxyl groups is 1. The van der Waals surface area contributed by atoms with E-state index in [1.807, 2.05) is 6.92 Å². The van der Waals surface area contributed by atoms with Gasteiger partial charge in [0, 0.05) is 21.8 Å². The first kappa shape index (κ1) is 13.1. The van der Waals surface area contributed by atoms with E-state index in [0.29, 0.717) is 15.9 Å². The van der Waals surface area contributed by atoms with Crippen LogP contribution in [0.25, 0.3) is 0 Å². The van der Waals surface area contributed by atoms with E-state index in [9.17, 15) is 5.11 Å². The average Bonchev–Trinajstić information content (AvgIpc) is 2.18. The highest BCUT2D eigenvalue weighted by atomic mass is 35.5. The molecule has 15 heavy (non-hydrogen) atoms. The van der Waals surface area contributed by atoms with Gasteiger partial charge in [0.05, 0.1) is 6.10 Å². The molecule has 0 spiro atoms. The molecule has 0 saturated carbocycles. The minimum Gasteiger partial charge on any atom is -0.388 e. The van der Waals surface area contributed by atoms with Gasteiger partial charge in [0.15, 0.2) is 0 Å². The minimum absolute atomic E-state index is 0.0289. The largest absolute Gasteiger partial charge is 0.388 e. The van der Waals surface area contributed by atoms with E-state index in [1.54, 1.807) is 18.2 Å². The zero-order valence-electron chi connectivity index (χ0n) is 8.38. The molecule has 0 bridgehead atoms. The molecule has 1 aromatic carbocycles. The van der Waals surface area contributed by atoms with Crippen molar-refractivity contribution in [3.63, 3.8) is 0 Å². The van der Waals surface area contributed by atoms with Gasteiger partial charge >= 0.3 is 0 Å². The molecule has 0 aliphatic rings. The maximum absolute atomic E-state index is 10.0. The lowest BCUT2D eigenvalue weighted by atomic mass is 9.95. The quantitative estimate of drug-likeness (QED) is 0.807. The third kappa shape index (κ3) is 3.53. The molecular weight excluding hydrogens is 254 g/mol. The number of hydrogen-bond donors (Lipinski definition) is 1. The number of aliphatic hydroxyl groups excluding tert-OH is 1. The van der Waals surface area contributed by atoms with Crippen LogP contribution in [0.3, 0.4) is 0 Å². The minimum atomic E-state index is -0.608. The molecule has 0 aliphatic carbocycles. The molecule has 0 aromatic heterocycles. The Bertz CT molecular complexity index is 303. The molecule has 4 heteroatoms. The molecule has 1 rings (SSSR count). The van der Waals surface area contributed by atoms with Crippen molar-refractivity contribution in [2.45, 2.75) is 19.4 Å². The fourth-order valence-electron chi connectivity index (χ4n) is 1.43. The maximum atomic E-state index is 10.0. The first-order valence-electron chi connectivity index (χ1n) is 4.78. The van der Waals surface area contributed by atoms with Crippen molar-refractivity contribution in [1.82, 2.24) is 0 Å². The van der Waals surface area contributed by atoms with Crippen LogP contribution in [0.15, 0.2) is 18.2 Å². The number of halogens is 3. The fourth-order valence-corrected chi connectivity index (χ4v) is 2.36. The van der Waals surface area contributed by atoms with Crippen molar-refractivity contribution in [2.24, 2.45) is 5.92 Å². The third-order valence-electron chi connectivity index (χ3n) is 2.40. The highest BCUT2D eigenvalue weighted by Crippen LogP contribution is 2.29. The van der Waals surface area contributed by atoms with E-state index in [4.69, 9.17) is 34.8 Å². The molecule has 1 nitrogen and oxygen atoms in total. The standard InChI is InChI=1S/C11H13Cl3O/c1-2-7(6-12)11(15)8-3-9(13)5-10(14)4-8/h3-5,7,11,15H,2,6H2,1H3. The van der Waals surface area contributed by atoms with Crippen LogP contribution < -0.4 is 0 Å². The Morgan fingerprint density at radius 2 is 1.73 bits per heavy atom. The van der Waals surface area contributed by atoms with Crippen molar-refractivity contribution in [3.05, 3.63) is 33.8 Å². The molecule has 1 N–H and O–H groups in total. The van der Waals surface area contributed by atoms with Crippen LogP contribution in [0, 0.1) is 5.92 Å². The average molecular weight is 268 g/mol. The predicted octanol–water partition coefficient (Wildman–Crippen LogP) is 4.29. The second kappa shape index (κ2) is 5.95. The van der Waals surface area contributed by atoms with Gasteiger partial charge in [-0.3, -0.25) is 0 Å². The van der Waals surface area contributed by atoms with E-state index in [-0.39, 0.29) is 5.92 Å². The predicted molar refractivity (Wildman–Crippen MR) is 65.9 cm³/mol. The van der Waals surface area contributed by atoms with Gasteiger partial charge in [0.2, 0.25) is 0 Å². The molecule has 1 aromatic rings. The molecule has 0 heterocycles. The molecule has 2 atom stereocenters. The van der Waals surface area contributed by atoms with Crippen LogP contribution >= 0.6 is 34.8 Å². The van der Waals surface area contributed by atoms with E-state index in [2.05, 4.69) is 0 Å². The van der Waals surface area contributed by atoms with Crippen molar-refractivity contribution in [2.75, 3.05) is 5.88 Å². The Morgan fingerprint density at radius 3 is 2.13 bits per heavy atom. The lowest BCUT2D eigenvalue weighted by molar-refractivity contribution is 0.117. The summed E-state index contributed by atoms with van der Waals surface area (Å²) in [6, 6.07) is 5.07. The van der Waals surface area contributed by atoms with Gasteiger partial charge in [-0.15, -0.1) is 11.6 Å². The SMILES string of the molecule is CCC(CCl)C(O)c1cc(Cl)cc(Cl)c1. The van der Waals surface area contributed by atoms with E-state index >= 15 is 0 Å². The summed E-state index contributed by atoms with van der Waals surface area (Å²) in [7, 11) is 0. The zero-order valence-corrected chi connectivity index (χ0v) is 10.6. The fraction of sp³-hybridized carbons (Fsp3) is 0.455. The van der Waals surface area contributed by atoms with Gasteiger partial charge in [-0.1, -0.05) is 30.1 Å². The van der Waals surface area contributed by atoms with Gasteiger partial charge in [0.1, 0.15) is 0 Å². The monoisotopic (exact) mass is 266 g/mol. The maximum Gasteiger partial charge on any atom is 0.0830 e. The summed E-state index contributed by atoms with van der Waals surface area (Å²) in [6.45, 7) is 1.99. The van der Waals surface area contributed by atoms with Crippen LogP contribution in [0.5, 0.6) is 0 Å². The molecule has 0 saturated heterocycles. The van der Waals surface area contributed by atoms with Crippen molar-refractivity contribution >= 4 is 34.8 Å². The van der Waals surface area contributed by atoms with Crippen LogP contribution in [0.1, 0.15) is 25.0 Å². The number of benzene rings is 1. The summed E-state index contributed by atoms with van der Waals surface area (Å²) in [6.07, 6.45) is 0.207. The molecule has 84 valence electrons. The second-order valence-corrected chi connectivity index (χ2v) is 4.65. The first-order chi connectivity index (χ1) is 7.08. The van der Waals surface area contributed by atoms with E-state index < -0.39 is 6.10 Å². The van der Waals surface area contributed by atoms with E-state index in [1.165, 1.54) is 0 Å². The van der Waals surface area contributed by atoms with Gasteiger partial charge < -0.3 is 5.11 Å². The first-order valence-corrected chi connectivity index (χ1v) is 6.07. The summed E-state index contributed by atoms with van der Waals surface area (Å²) in [4.78, 5) is 0. The van der Waals surface area contributed by atoms with E-state index in [0.717, 1.165) is 12.0 Å².